The highest BCUT2D eigenvalue weighted by Crippen LogP contribution is 2.19. The third-order valence-corrected chi connectivity index (χ3v) is 4.53. The summed E-state index contributed by atoms with van der Waals surface area (Å²) in [5, 5.41) is 12.4. The van der Waals surface area contributed by atoms with Gasteiger partial charge >= 0.3 is 0 Å². The molecule has 1 fully saturated rings. The van der Waals surface area contributed by atoms with Crippen molar-refractivity contribution in [1.29, 1.82) is 5.26 Å². The summed E-state index contributed by atoms with van der Waals surface area (Å²) in [5.41, 5.74) is 3.33. The van der Waals surface area contributed by atoms with E-state index in [9.17, 15) is 0 Å². The number of nitriles is 1. The minimum absolute atomic E-state index is 0.551. The quantitative estimate of drug-likeness (QED) is 0.903. The number of aryl methyl sites for hydroxylation is 1. The van der Waals surface area contributed by atoms with E-state index in [0.717, 1.165) is 31.1 Å². The lowest BCUT2D eigenvalue weighted by Crippen LogP contribution is -2.39. The third kappa shape index (κ3) is 4.56. The predicted molar refractivity (Wildman–Crippen MR) is 87.0 cm³/mol. The van der Waals surface area contributed by atoms with E-state index in [-0.39, 0.29) is 0 Å². The molecule has 1 aromatic rings. The van der Waals surface area contributed by atoms with E-state index < -0.39 is 0 Å². The predicted octanol–water partition coefficient (Wildman–Crippen LogP) is 3.08. The van der Waals surface area contributed by atoms with Crippen LogP contribution in [0.5, 0.6) is 0 Å². The first-order chi connectivity index (χ1) is 10.1. The molecule has 1 aliphatic heterocycles. The van der Waals surface area contributed by atoms with Crippen molar-refractivity contribution in [3.8, 4) is 6.07 Å². The van der Waals surface area contributed by atoms with Gasteiger partial charge in [0.25, 0.3) is 0 Å². The maximum atomic E-state index is 8.97. The maximum absolute atomic E-state index is 8.97. The van der Waals surface area contributed by atoms with Crippen LogP contribution in [0.2, 0.25) is 0 Å². The van der Waals surface area contributed by atoms with Crippen molar-refractivity contribution < 1.29 is 0 Å². The Morgan fingerprint density at radius 2 is 2.05 bits per heavy atom. The van der Waals surface area contributed by atoms with E-state index in [2.05, 4.69) is 43.1 Å². The topological polar surface area (TPSA) is 39.1 Å². The van der Waals surface area contributed by atoms with Crippen LogP contribution in [0.15, 0.2) is 18.2 Å². The molecule has 21 heavy (non-hydrogen) atoms. The van der Waals surface area contributed by atoms with Crippen LogP contribution in [-0.4, -0.2) is 30.6 Å². The van der Waals surface area contributed by atoms with E-state index in [1.165, 1.54) is 30.5 Å². The Hall–Kier alpha value is -1.37. The lowest BCUT2D eigenvalue weighted by Gasteiger charge is -2.33. The highest BCUT2D eigenvalue weighted by Gasteiger charge is 2.19. The number of hydrogen-bond donors (Lipinski definition) is 1. The van der Waals surface area contributed by atoms with Gasteiger partial charge in [-0.15, -0.1) is 0 Å². The SMILES string of the molecule is Cc1cc(C#N)ccc1CN(CC1CCNCC1)C(C)C. The molecule has 1 heterocycles. The molecule has 1 saturated heterocycles. The lowest BCUT2D eigenvalue weighted by molar-refractivity contribution is 0.161. The molecule has 114 valence electrons. The van der Waals surface area contributed by atoms with Gasteiger partial charge in [-0.3, -0.25) is 4.90 Å². The highest BCUT2D eigenvalue weighted by molar-refractivity contribution is 5.37. The molecule has 0 unspecified atom stereocenters. The van der Waals surface area contributed by atoms with E-state index in [0.29, 0.717) is 6.04 Å². The first kappa shape index (κ1) is 16.0. The van der Waals surface area contributed by atoms with Gasteiger partial charge in [0, 0.05) is 19.1 Å². The van der Waals surface area contributed by atoms with Gasteiger partial charge in [-0.1, -0.05) is 6.07 Å². The summed E-state index contributed by atoms with van der Waals surface area (Å²) >= 11 is 0. The maximum Gasteiger partial charge on any atom is 0.0991 e. The standard InChI is InChI=1S/C18H27N3/c1-14(2)21(12-16-6-8-20-9-7-16)13-18-5-4-17(11-19)10-15(18)3/h4-5,10,14,16,20H,6-9,12-13H2,1-3H3. The van der Waals surface area contributed by atoms with E-state index >= 15 is 0 Å². The van der Waals surface area contributed by atoms with E-state index in [1.807, 2.05) is 12.1 Å². The van der Waals surface area contributed by atoms with Crippen LogP contribution < -0.4 is 5.32 Å². The minimum Gasteiger partial charge on any atom is -0.317 e. The summed E-state index contributed by atoms with van der Waals surface area (Å²) in [6, 6.07) is 8.82. The molecule has 3 heteroatoms. The average Bonchev–Trinajstić information content (AvgIpc) is 2.49. The summed E-state index contributed by atoms with van der Waals surface area (Å²) in [6.45, 7) is 11.1. The fourth-order valence-corrected chi connectivity index (χ4v) is 3.02. The van der Waals surface area contributed by atoms with Crippen LogP contribution in [0, 0.1) is 24.2 Å². The Morgan fingerprint density at radius 3 is 2.62 bits per heavy atom. The van der Waals surface area contributed by atoms with Crippen LogP contribution in [0.1, 0.15) is 43.4 Å². The smallest absolute Gasteiger partial charge is 0.0991 e. The summed E-state index contributed by atoms with van der Waals surface area (Å²) < 4.78 is 0. The molecule has 0 aromatic heterocycles. The molecule has 0 amide bonds. The Morgan fingerprint density at radius 1 is 1.33 bits per heavy atom. The Balaban J connectivity index is 2.03. The van der Waals surface area contributed by atoms with Gasteiger partial charge in [0.15, 0.2) is 0 Å². The van der Waals surface area contributed by atoms with Crippen LogP contribution in [0.25, 0.3) is 0 Å². The summed E-state index contributed by atoms with van der Waals surface area (Å²) in [4.78, 5) is 2.57. The van der Waals surface area contributed by atoms with Gasteiger partial charge in [0.05, 0.1) is 11.6 Å². The molecule has 1 N–H and O–H groups in total. The second-order valence-electron chi connectivity index (χ2n) is 6.47. The molecule has 0 aliphatic carbocycles. The van der Waals surface area contributed by atoms with Gasteiger partial charge in [0.1, 0.15) is 0 Å². The second-order valence-corrected chi connectivity index (χ2v) is 6.47. The molecular weight excluding hydrogens is 258 g/mol. The largest absolute Gasteiger partial charge is 0.317 e. The van der Waals surface area contributed by atoms with Crippen molar-refractivity contribution in [2.75, 3.05) is 19.6 Å². The molecule has 1 aliphatic rings. The molecule has 0 atom stereocenters. The van der Waals surface area contributed by atoms with Crippen molar-refractivity contribution in [2.45, 2.75) is 46.2 Å². The molecule has 0 bridgehead atoms. The van der Waals surface area contributed by atoms with Gasteiger partial charge in [0.2, 0.25) is 0 Å². The summed E-state index contributed by atoms with van der Waals surface area (Å²) in [7, 11) is 0. The van der Waals surface area contributed by atoms with Crippen molar-refractivity contribution in [3.05, 3.63) is 34.9 Å². The van der Waals surface area contributed by atoms with Gasteiger partial charge in [-0.25, -0.2) is 0 Å². The monoisotopic (exact) mass is 285 g/mol. The normalized spacial score (nSPS) is 16.4. The molecule has 0 saturated carbocycles. The Bertz CT molecular complexity index is 496. The summed E-state index contributed by atoms with van der Waals surface area (Å²) in [6.07, 6.45) is 2.57. The molecular formula is C18H27N3. The van der Waals surface area contributed by atoms with Crippen molar-refractivity contribution in [2.24, 2.45) is 5.92 Å². The van der Waals surface area contributed by atoms with Crippen LogP contribution in [0.4, 0.5) is 0 Å². The van der Waals surface area contributed by atoms with Gasteiger partial charge in [-0.2, -0.15) is 5.26 Å². The fraction of sp³-hybridized carbons (Fsp3) is 0.611. The van der Waals surface area contributed by atoms with Crippen LogP contribution in [0.3, 0.4) is 0 Å². The van der Waals surface area contributed by atoms with Crippen molar-refractivity contribution in [3.63, 3.8) is 0 Å². The molecule has 3 nitrogen and oxygen atoms in total. The number of nitrogens with zero attached hydrogens (tertiary/aromatic N) is 2. The van der Waals surface area contributed by atoms with E-state index in [4.69, 9.17) is 5.26 Å². The average molecular weight is 285 g/mol. The zero-order valence-electron chi connectivity index (χ0n) is 13.5. The zero-order valence-corrected chi connectivity index (χ0v) is 13.5. The lowest BCUT2D eigenvalue weighted by atomic mass is 9.96. The number of nitrogens with one attached hydrogen (secondary N) is 1. The summed E-state index contributed by atoms with van der Waals surface area (Å²) in [5.74, 6) is 0.812. The number of benzene rings is 1. The number of hydrogen-bond acceptors (Lipinski definition) is 3. The first-order valence-corrected chi connectivity index (χ1v) is 8.04. The van der Waals surface area contributed by atoms with Gasteiger partial charge in [-0.05, 0) is 75.9 Å². The van der Waals surface area contributed by atoms with E-state index in [1.54, 1.807) is 0 Å². The van der Waals surface area contributed by atoms with Crippen molar-refractivity contribution >= 4 is 0 Å². The Labute approximate surface area is 129 Å². The molecule has 2 rings (SSSR count). The van der Waals surface area contributed by atoms with Crippen molar-refractivity contribution in [1.82, 2.24) is 10.2 Å². The second kappa shape index (κ2) is 7.59. The minimum atomic E-state index is 0.551. The Kier molecular flexibility index (Phi) is 5.78. The van der Waals surface area contributed by atoms with Crippen LogP contribution in [-0.2, 0) is 6.54 Å². The zero-order chi connectivity index (χ0) is 15.2. The number of rotatable bonds is 5. The molecule has 0 radical (unpaired) electrons. The third-order valence-electron chi connectivity index (χ3n) is 4.53. The first-order valence-electron chi connectivity index (χ1n) is 8.04. The fourth-order valence-electron chi connectivity index (χ4n) is 3.02. The van der Waals surface area contributed by atoms with Gasteiger partial charge < -0.3 is 5.32 Å². The number of piperidine rings is 1. The molecule has 0 spiro atoms. The molecule has 1 aromatic carbocycles. The highest BCUT2D eigenvalue weighted by atomic mass is 15.1. The van der Waals surface area contributed by atoms with Crippen LogP contribution >= 0.6 is 0 Å².